The van der Waals surface area contributed by atoms with Crippen LogP contribution in [-0.2, 0) is 0 Å². The lowest BCUT2D eigenvalue weighted by molar-refractivity contribution is 0.220. The smallest absolute Gasteiger partial charge is 0.104 e. The van der Waals surface area contributed by atoms with Crippen molar-refractivity contribution in [3.63, 3.8) is 0 Å². The normalized spacial score (nSPS) is 12.7. The molecule has 0 spiro atoms. The lowest BCUT2D eigenvalue weighted by Crippen LogP contribution is -2.00. The molecule has 1 atom stereocenters. The van der Waals surface area contributed by atoms with Crippen molar-refractivity contribution in [2.75, 3.05) is 0 Å². The summed E-state index contributed by atoms with van der Waals surface area (Å²) >= 11 is 0. The number of aliphatic hydroxyl groups is 1. The maximum Gasteiger partial charge on any atom is 0.104 e. The van der Waals surface area contributed by atoms with Gasteiger partial charge in [-0.25, -0.2) is 0 Å². The van der Waals surface area contributed by atoms with E-state index in [1.165, 1.54) is 5.56 Å². The highest BCUT2D eigenvalue weighted by Crippen LogP contribution is 2.24. The summed E-state index contributed by atoms with van der Waals surface area (Å²) in [7, 11) is 0. The highest BCUT2D eigenvalue weighted by molar-refractivity contribution is 5.33. The zero-order valence-corrected chi connectivity index (χ0v) is 10.3. The molecule has 2 rings (SSSR count). The van der Waals surface area contributed by atoms with E-state index in [9.17, 15) is 5.11 Å². The van der Waals surface area contributed by atoms with Gasteiger partial charge in [0, 0.05) is 0 Å². The number of hydrogen-bond donors (Lipinski definition) is 1. The van der Waals surface area contributed by atoms with Gasteiger partial charge in [-0.2, -0.15) is 0 Å². The summed E-state index contributed by atoms with van der Waals surface area (Å²) in [5.74, 6) is 0.484. The number of aliphatic hydroxyl groups excluding tert-OH is 1. The molecule has 0 saturated heterocycles. The van der Waals surface area contributed by atoms with Crippen molar-refractivity contribution in [1.29, 1.82) is 0 Å². The largest absolute Gasteiger partial charge is 0.384 e. The average molecular weight is 226 g/mol. The van der Waals surface area contributed by atoms with Gasteiger partial charge in [0.25, 0.3) is 0 Å². The lowest BCUT2D eigenvalue weighted by atomic mass is 9.96. The average Bonchev–Trinajstić information content (AvgIpc) is 2.39. The van der Waals surface area contributed by atoms with Crippen LogP contribution in [0.25, 0.3) is 0 Å². The fourth-order valence-corrected chi connectivity index (χ4v) is 1.92. The summed E-state index contributed by atoms with van der Waals surface area (Å²) in [5, 5.41) is 10.3. The van der Waals surface area contributed by atoms with E-state index in [4.69, 9.17) is 0 Å². The molecule has 1 unspecified atom stereocenters. The van der Waals surface area contributed by atoms with Crippen molar-refractivity contribution in [3.8, 4) is 0 Å². The first-order valence-corrected chi connectivity index (χ1v) is 6.01. The summed E-state index contributed by atoms with van der Waals surface area (Å²) in [6, 6.07) is 17.9. The molecule has 1 heteroatoms. The maximum absolute atomic E-state index is 10.3. The minimum Gasteiger partial charge on any atom is -0.384 e. The minimum atomic E-state index is -0.533. The van der Waals surface area contributed by atoms with Crippen LogP contribution in [-0.4, -0.2) is 5.11 Å². The number of benzene rings is 2. The van der Waals surface area contributed by atoms with Crippen LogP contribution >= 0.6 is 0 Å². The zero-order chi connectivity index (χ0) is 12.3. The molecule has 0 saturated carbocycles. The molecule has 0 radical (unpaired) electrons. The van der Waals surface area contributed by atoms with Gasteiger partial charge in [-0.15, -0.1) is 0 Å². The van der Waals surface area contributed by atoms with Crippen LogP contribution in [0.5, 0.6) is 0 Å². The van der Waals surface area contributed by atoms with Crippen LogP contribution in [0.1, 0.15) is 42.6 Å². The molecule has 0 aliphatic carbocycles. The second-order valence-electron chi connectivity index (χ2n) is 4.64. The zero-order valence-electron chi connectivity index (χ0n) is 10.3. The second kappa shape index (κ2) is 5.15. The predicted octanol–water partition coefficient (Wildman–Crippen LogP) is 3.89. The fraction of sp³-hybridized carbons (Fsp3) is 0.250. The van der Waals surface area contributed by atoms with Crippen LogP contribution in [0.3, 0.4) is 0 Å². The van der Waals surface area contributed by atoms with E-state index < -0.39 is 6.10 Å². The molecule has 0 aliphatic heterocycles. The number of rotatable bonds is 3. The number of hydrogen-bond acceptors (Lipinski definition) is 1. The molecule has 0 aromatic heterocycles. The van der Waals surface area contributed by atoms with Crippen LogP contribution in [0.4, 0.5) is 0 Å². The Bertz CT molecular complexity index is 474. The highest BCUT2D eigenvalue weighted by atomic mass is 16.3. The Balaban J connectivity index is 2.31. The Morgan fingerprint density at radius 2 is 1.35 bits per heavy atom. The van der Waals surface area contributed by atoms with E-state index in [1.54, 1.807) is 0 Å². The van der Waals surface area contributed by atoms with Crippen molar-refractivity contribution >= 4 is 0 Å². The molecule has 17 heavy (non-hydrogen) atoms. The van der Waals surface area contributed by atoms with Gasteiger partial charge >= 0.3 is 0 Å². The van der Waals surface area contributed by atoms with Crippen LogP contribution in [0.2, 0.25) is 0 Å². The van der Waals surface area contributed by atoms with E-state index in [-0.39, 0.29) is 0 Å². The van der Waals surface area contributed by atoms with Gasteiger partial charge in [-0.3, -0.25) is 0 Å². The second-order valence-corrected chi connectivity index (χ2v) is 4.64. The molecule has 2 aromatic rings. The standard InChI is InChI=1S/C16H18O/c1-12(2)14-9-6-10-15(11-14)16(17)13-7-4-3-5-8-13/h3-12,16-17H,1-2H3. The van der Waals surface area contributed by atoms with E-state index in [2.05, 4.69) is 26.0 Å². The van der Waals surface area contributed by atoms with Gasteiger partial charge in [-0.05, 0) is 22.6 Å². The van der Waals surface area contributed by atoms with Crippen molar-refractivity contribution < 1.29 is 5.11 Å². The van der Waals surface area contributed by atoms with Gasteiger partial charge < -0.3 is 5.11 Å². The first-order valence-electron chi connectivity index (χ1n) is 6.01. The predicted molar refractivity (Wildman–Crippen MR) is 71.0 cm³/mol. The Hall–Kier alpha value is -1.60. The van der Waals surface area contributed by atoms with Crippen molar-refractivity contribution in [1.82, 2.24) is 0 Å². The Labute approximate surface area is 103 Å². The topological polar surface area (TPSA) is 20.2 Å². The van der Waals surface area contributed by atoms with Crippen molar-refractivity contribution in [2.24, 2.45) is 0 Å². The molecule has 88 valence electrons. The molecule has 0 amide bonds. The summed E-state index contributed by atoms with van der Waals surface area (Å²) in [5.41, 5.74) is 3.16. The first kappa shape index (κ1) is 11.9. The van der Waals surface area contributed by atoms with Gasteiger partial charge in [-0.1, -0.05) is 68.4 Å². The van der Waals surface area contributed by atoms with Crippen molar-refractivity contribution in [3.05, 3.63) is 71.3 Å². The summed E-state index contributed by atoms with van der Waals surface area (Å²) in [4.78, 5) is 0. The Kier molecular flexibility index (Phi) is 3.60. The highest BCUT2D eigenvalue weighted by Gasteiger charge is 2.10. The third-order valence-corrected chi connectivity index (χ3v) is 3.01. The minimum absolute atomic E-state index is 0.484. The molecular formula is C16H18O. The molecule has 0 heterocycles. The van der Waals surface area contributed by atoms with Crippen LogP contribution < -0.4 is 0 Å². The molecule has 1 N–H and O–H groups in total. The lowest BCUT2D eigenvalue weighted by Gasteiger charge is -2.14. The molecule has 0 bridgehead atoms. The third-order valence-electron chi connectivity index (χ3n) is 3.01. The monoisotopic (exact) mass is 226 g/mol. The third kappa shape index (κ3) is 2.75. The SMILES string of the molecule is CC(C)c1cccc(C(O)c2ccccc2)c1. The summed E-state index contributed by atoms with van der Waals surface area (Å²) in [6.07, 6.45) is -0.533. The molecule has 0 aliphatic rings. The molecule has 1 nitrogen and oxygen atoms in total. The summed E-state index contributed by atoms with van der Waals surface area (Å²) in [6.45, 7) is 4.32. The first-order chi connectivity index (χ1) is 8.18. The fourth-order valence-electron chi connectivity index (χ4n) is 1.92. The van der Waals surface area contributed by atoms with E-state index >= 15 is 0 Å². The molecular weight excluding hydrogens is 208 g/mol. The van der Waals surface area contributed by atoms with Gasteiger partial charge in [0.1, 0.15) is 6.10 Å². The van der Waals surface area contributed by atoms with E-state index in [1.807, 2.05) is 42.5 Å². The Morgan fingerprint density at radius 3 is 2.00 bits per heavy atom. The van der Waals surface area contributed by atoms with E-state index in [0.717, 1.165) is 11.1 Å². The van der Waals surface area contributed by atoms with E-state index in [0.29, 0.717) is 5.92 Å². The summed E-state index contributed by atoms with van der Waals surface area (Å²) < 4.78 is 0. The van der Waals surface area contributed by atoms with Crippen LogP contribution in [0.15, 0.2) is 54.6 Å². The quantitative estimate of drug-likeness (QED) is 0.841. The Morgan fingerprint density at radius 1 is 0.765 bits per heavy atom. The van der Waals surface area contributed by atoms with Gasteiger partial charge in [0.2, 0.25) is 0 Å². The molecule has 0 fully saturated rings. The maximum atomic E-state index is 10.3. The molecule has 2 aromatic carbocycles. The van der Waals surface area contributed by atoms with Gasteiger partial charge in [0.05, 0.1) is 0 Å². The van der Waals surface area contributed by atoms with Crippen LogP contribution in [0, 0.1) is 0 Å². The van der Waals surface area contributed by atoms with Crippen molar-refractivity contribution in [2.45, 2.75) is 25.9 Å². The van der Waals surface area contributed by atoms with Gasteiger partial charge in [0.15, 0.2) is 0 Å².